The lowest BCUT2D eigenvalue weighted by Gasteiger charge is -2.48. The highest BCUT2D eigenvalue weighted by Gasteiger charge is 2.39. The normalized spacial score (nSPS) is 18.5. The zero-order valence-electron chi connectivity index (χ0n) is 9.75. The van der Waals surface area contributed by atoms with Gasteiger partial charge in [0, 0.05) is 23.1 Å². The van der Waals surface area contributed by atoms with Gasteiger partial charge in [0.2, 0.25) is 0 Å². The van der Waals surface area contributed by atoms with Gasteiger partial charge < -0.3 is 5.73 Å². The zero-order chi connectivity index (χ0) is 11.6. The fourth-order valence-electron chi connectivity index (χ4n) is 2.36. The fourth-order valence-corrected chi connectivity index (χ4v) is 2.62. The van der Waals surface area contributed by atoms with Crippen LogP contribution in [-0.2, 0) is 6.54 Å². The van der Waals surface area contributed by atoms with Gasteiger partial charge in [-0.3, -0.25) is 4.90 Å². The lowest BCUT2D eigenvalue weighted by Crippen LogP contribution is -2.56. The van der Waals surface area contributed by atoms with E-state index in [1.54, 1.807) is 0 Å². The Balaban J connectivity index is 2.01. The van der Waals surface area contributed by atoms with Gasteiger partial charge in [0.1, 0.15) is 0 Å². The van der Waals surface area contributed by atoms with Gasteiger partial charge in [-0.05, 0) is 44.0 Å². The van der Waals surface area contributed by atoms with E-state index in [1.165, 1.54) is 24.8 Å². The molecule has 1 aliphatic carbocycles. The Morgan fingerprint density at radius 1 is 1.31 bits per heavy atom. The van der Waals surface area contributed by atoms with Crippen molar-refractivity contribution in [2.24, 2.45) is 5.73 Å². The Morgan fingerprint density at radius 2 is 1.94 bits per heavy atom. The number of rotatable bonds is 4. The molecule has 0 radical (unpaired) electrons. The summed E-state index contributed by atoms with van der Waals surface area (Å²) in [6.07, 6.45) is 3.81. The summed E-state index contributed by atoms with van der Waals surface area (Å²) < 4.78 is 1.14. The van der Waals surface area contributed by atoms with Crippen molar-refractivity contribution in [1.29, 1.82) is 0 Å². The van der Waals surface area contributed by atoms with Crippen LogP contribution >= 0.6 is 15.9 Å². The molecule has 0 aromatic heterocycles. The molecule has 16 heavy (non-hydrogen) atoms. The molecule has 1 saturated carbocycles. The third-order valence-electron chi connectivity index (χ3n) is 3.81. The van der Waals surface area contributed by atoms with E-state index < -0.39 is 0 Å². The second-order valence-corrected chi connectivity index (χ2v) is 5.68. The van der Waals surface area contributed by atoms with Gasteiger partial charge in [0.15, 0.2) is 0 Å². The zero-order valence-corrected chi connectivity index (χ0v) is 11.3. The molecule has 0 amide bonds. The quantitative estimate of drug-likeness (QED) is 0.920. The highest BCUT2D eigenvalue weighted by atomic mass is 79.9. The van der Waals surface area contributed by atoms with Gasteiger partial charge in [-0.25, -0.2) is 0 Å². The first kappa shape index (κ1) is 12.1. The van der Waals surface area contributed by atoms with Crippen molar-refractivity contribution >= 4 is 15.9 Å². The van der Waals surface area contributed by atoms with Crippen molar-refractivity contribution in [1.82, 2.24) is 4.90 Å². The first-order valence-electron chi connectivity index (χ1n) is 5.82. The second-order valence-electron chi connectivity index (χ2n) is 4.76. The molecular formula is C13H19BrN2. The summed E-state index contributed by atoms with van der Waals surface area (Å²) in [5.41, 5.74) is 7.52. The summed E-state index contributed by atoms with van der Waals surface area (Å²) in [4.78, 5) is 2.42. The smallest absolute Gasteiger partial charge is 0.0332 e. The van der Waals surface area contributed by atoms with Crippen LogP contribution in [0.1, 0.15) is 24.8 Å². The van der Waals surface area contributed by atoms with Gasteiger partial charge in [-0.1, -0.05) is 28.1 Å². The van der Waals surface area contributed by atoms with E-state index in [4.69, 9.17) is 5.73 Å². The molecule has 1 aromatic rings. The van der Waals surface area contributed by atoms with Crippen LogP contribution in [0.5, 0.6) is 0 Å². The Morgan fingerprint density at radius 3 is 2.38 bits per heavy atom. The molecular weight excluding hydrogens is 264 g/mol. The van der Waals surface area contributed by atoms with E-state index in [-0.39, 0.29) is 5.54 Å². The molecule has 0 heterocycles. The van der Waals surface area contributed by atoms with Gasteiger partial charge in [-0.2, -0.15) is 0 Å². The van der Waals surface area contributed by atoms with E-state index in [9.17, 15) is 0 Å². The Labute approximate surface area is 106 Å². The Bertz CT molecular complexity index is 338. The minimum atomic E-state index is 0.271. The van der Waals surface area contributed by atoms with Crippen LogP contribution in [0.4, 0.5) is 0 Å². The van der Waals surface area contributed by atoms with Crippen LogP contribution in [0.2, 0.25) is 0 Å². The predicted octanol–water partition coefficient (Wildman–Crippen LogP) is 2.76. The van der Waals surface area contributed by atoms with Gasteiger partial charge in [0.05, 0.1) is 0 Å². The molecule has 2 nitrogen and oxygen atoms in total. The second kappa shape index (κ2) is 4.86. The molecule has 0 atom stereocenters. The summed E-state index contributed by atoms with van der Waals surface area (Å²) in [5.74, 6) is 0. The molecule has 2 rings (SSSR count). The summed E-state index contributed by atoms with van der Waals surface area (Å²) >= 11 is 3.46. The molecule has 1 aromatic carbocycles. The molecule has 0 saturated heterocycles. The van der Waals surface area contributed by atoms with Gasteiger partial charge >= 0.3 is 0 Å². The van der Waals surface area contributed by atoms with E-state index in [2.05, 4.69) is 52.1 Å². The van der Waals surface area contributed by atoms with Crippen LogP contribution in [0.3, 0.4) is 0 Å². The summed E-state index contributed by atoms with van der Waals surface area (Å²) in [5, 5.41) is 0. The van der Waals surface area contributed by atoms with E-state index in [1.807, 2.05) is 0 Å². The van der Waals surface area contributed by atoms with Crippen molar-refractivity contribution < 1.29 is 0 Å². The van der Waals surface area contributed by atoms with Crippen molar-refractivity contribution in [2.75, 3.05) is 13.6 Å². The molecule has 0 spiro atoms. The number of likely N-dealkylation sites (N-methyl/N-ethyl adjacent to an activating group) is 1. The highest BCUT2D eigenvalue weighted by molar-refractivity contribution is 9.10. The molecule has 1 fully saturated rings. The van der Waals surface area contributed by atoms with Gasteiger partial charge in [-0.15, -0.1) is 0 Å². The molecule has 0 unspecified atom stereocenters. The van der Waals surface area contributed by atoms with Crippen LogP contribution < -0.4 is 5.73 Å². The number of hydrogen-bond acceptors (Lipinski definition) is 2. The number of nitrogens with zero attached hydrogens (tertiary/aromatic N) is 1. The van der Waals surface area contributed by atoms with Crippen LogP contribution in [0.15, 0.2) is 28.7 Å². The summed E-state index contributed by atoms with van der Waals surface area (Å²) in [6, 6.07) is 8.53. The van der Waals surface area contributed by atoms with Crippen LogP contribution in [-0.4, -0.2) is 24.0 Å². The maximum atomic E-state index is 5.90. The Hall–Kier alpha value is -0.380. The maximum Gasteiger partial charge on any atom is 0.0332 e. The first-order chi connectivity index (χ1) is 7.66. The molecule has 0 bridgehead atoms. The number of nitrogens with two attached hydrogens (primary N) is 1. The minimum absolute atomic E-state index is 0.271. The standard InChI is InChI=1S/C13H19BrN2/c1-16(13(10-15)7-2-8-13)9-11-3-5-12(14)6-4-11/h3-6H,2,7-10,15H2,1H3. The third kappa shape index (κ3) is 2.31. The lowest BCUT2D eigenvalue weighted by atomic mass is 9.75. The van der Waals surface area contributed by atoms with Crippen molar-refractivity contribution in [3.63, 3.8) is 0 Å². The summed E-state index contributed by atoms with van der Waals surface area (Å²) in [6.45, 7) is 1.77. The number of hydrogen-bond donors (Lipinski definition) is 1. The summed E-state index contributed by atoms with van der Waals surface area (Å²) in [7, 11) is 2.19. The highest BCUT2D eigenvalue weighted by Crippen LogP contribution is 2.36. The largest absolute Gasteiger partial charge is 0.329 e. The van der Waals surface area contributed by atoms with Crippen molar-refractivity contribution in [3.05, 3.63) is 34.3 Å². The molecule has 0 aliphatic heterocycles. The number of halogens is 1. The Kier molecular flexibility index (Phi) is 3.67. The van der Waals surface area contributed by atoms with Crippen LogP contribution in [0, 0.1) is 0 Å². The monoisotopic (exact) mass is 282 g/mol. The maximum absolute atomic E-state index is 5.90. The molecule has 1 aliphatic rings. The predicted molar refractivity (Wildman–Crippen MR) is 71.2 cm³/mol. The van der Waals surface area contributed by atoms with E-state index in [0.717, 1.165) is 17.6 Å². The average molecular weight is 283 g/mol. The molecule has 88 valence electrons. The SMILES string of the molecule is CN(Cc1ccc(Br)cc1)C1(CN)CCC1. The van der Waals surface area contributed by atoms with E-state index in [0.29, 0.717) is 0 Å². The molecule has 3 heteroatoms. The fraction of sp³-hybridized carbons (Fsp3) is 0.538. The lowest BCUT2D eigenvalue weighted by molar-refractivity contribution is 0.0398. The number of benzene rings is 1. The van der Waals surface area contributed by atoms with E-state index >= 15 is 0 Å². The minimum Gasteiger partial charge on any atom is -0.329 e. The van der Waals surface area contributed by atoms with Crippen LogP contribution in [0.25, 0.3) is 0 Å². The van der Waals surface area contributed by atoms with Crippen molar-refractivity contribution in [3.8, 4) is 0 Å². The molecule has 2 N–H and O–H groups in total. The first-order valence-corrected chi connectivity index (χ1v) is 6.61. The third-order valence-corrected chi connectivity index (χ3v) is 4.34. The van der Waals surface area contributed by atoms with Gasteiger partial charge in [0.25, 0.3) is 0 Å². The van der Waals surface area contributed by atoms with Crippen molar-refractivity contribution in [2.45, 2.75) is 31.3 Å². The average Bonchev–Trinajstić information content (AvgIpc) is 2.21. The topological polar surface area (TPSA) is 29.3 Å².